The zero-order chi connectivity index (χ0) is 18.3. The van der Waals surface area contributed by atoms with Gasteiger partial charge in [0.1, 0.15) is 0 Å². The van der Waals surface area contributed by atoms with Gasteiger partial charge in [-0.1, -0.05) is 13.3 Å². The van der Waals surface area contributed by atoms with Crippen LogP contribution in [-0.4, -0.2) is 6.61 Å². The molecule has 25 heavy (non-hydrogen) atoms. The fourth-order valence-electron chi connectivity index (χ4n) is 2.95. The topological polar surface area (TPSA) is 9.23 Å². The van der Waals surface area contributed by atoms with Gasteiger partial charge in [0.25, 0.3) is 0 Å². The van der Waals surface area contributed by atoms with E-state index < -0.39 is 23.2 Å². The molecule has 0 spiro atoms. The second-order valence-corrected chi connectivity index (χ2v) is 10.5. The van der Waals surface area contributed by atoms with Crippen molar-refractivity contribution in [1.29, 1.82) is 0 Å². The summed E-state index contributed by atoms with van der Waals surface area (Å²) in [5.41, 5.74) is 3.42. The van der Waals surface area contributed by atoms with Gasteiger partial charge in [0.2, 0.25) is 0 Å². The summed E-state index contributed by atoms with van der Waals surface area (Å²) in [6.07, 6.45) is 22.4. The molecule has 0 N–H and O–H groups in total. The molecule has 0 aromatic heterocycles. The second-order valence-electron chi connectivity index (χ2n) is 6.72. The molecule has 0 aromatic rings. The summed E-state index contributed by atoms with van der Waals surface area (Å²) >= 11 is 4.42. The molecule has 0 fully saturated rings. The van der Waals surface area contributed by atoms with Crippen molar-refractivity contribution in [2.45, 2.75) is 85.0 Å². The van der Waals surface area contributed by atoms with Crippen LogP contribution in [0.25, 0.3) is 0 Å². The number of hydrogen-bond acceptors (Lipinski definition) is 1. The summed E-state index contributed by atoms with van der Waals surface area (Å²) in [7, 11) is 0. The number of hydrogen-bond donors (Lipinski definition) is 0. The normalized spacial score (nSPS) is 15.8. The van der Waals surface area contributed by atoms with Gasteiger partial charge in [-0.05, 0) is 6.42 Å². The maximum Gasteiger partial charge on any atom is 0.0682 e. The molecule has 2 rings (SSSR count). The van der Waals surface area contributed by atoms with E-state index >= 15 is 0 Å². The van der Waals surface area contributed by atoms with E-state index in [1.54, 1.807) is 11.1 Å². The molecule has 0 aromatic carbocycles. The Bertz CT molecular complexity index is 444. The average Bonchev–Trinajstić information content (AvgIpc) is 3.26. The molecule has 0 saturated carbocycles. The van der Waals surface area contributed by atoms with Gasteiger partial charge in [0.15, 0.2) is 0 Å². The van der Waals surface area contributed by atoms with Crippen molar-refractivity contribution < 1.29 is 27.5 Å². The van der Waals surface area contributed by atoms with Crippen LogP contribution in [0.3, 0.4) is 0 Å². The van der Waals surface area contributed by atoms with Gasteiger partial charge < -0.3 is 0 Å². The molecule has 0 aliphatic heterocycles. The summed E-state index contributed by atoms with van der Waals surface area (Å²) in [5, 5.41) is 0. The van der Waals surface area contributed by atoms with Gasteiger partial charge in [-0.25, -0.2) is 0 Å². The maximum atomic E-state index is 4.88. The fraction of sp³-hybridized carbons (Fsp3) is 0.636. The molecular formula is C22H35ClOZr. The molecule has 0 bridgehead atoms. The van der Waals surface area contributed by atoms with E-state index in [1.807, 2.05) is 6.56 Å². The zero-order valence-electron chi connectivity index (χ0n) is 16.4. The molecule has 2 aliphatic rings. The monoisotopic (exact) mass is 440 g/mol. The predicted octanol–water partition coefficient (Wildman–Crippen LogP) is 7.83. The first-order chi connectivity index (χ1) is 12.3. The third-order valence-electron chi connectivity index (χ3n) is 4.53. The van der Waals surface area contributed by atoms with E-state index in [1.165, 1.54) is 51.4 Å². The molecule has 140 valence electrons. The number of halogens is 1. The quantitative estimate of drug-likeness (QED) is 0.296. The first kappa shape index (κ1) is 23.1. The first-order valence-corrected chi connectivity index (χ1v) is 12.8. The van der Waals surface area contributed by atoms with Crippen LogP contribution in [0, 0.1) is 0 Å². The van der Waals surface area contributed by atoms with E-state index in [4.69, 9.17) is 11.9 Å². The molecule has 2 aliphatic carbocycles. The minimum Gasteiger partial charge on any atom is -0.279 e. The van der Waals surface area contributed by atoms with Gasteiger partial charge in [-0.15, -0.1) is 0 Å². The van der Waals surface area contributed by atoms with Crippen LogP contribution in [0.5, 0.6) is 0 Å². The molecule has 1 nitrogen and oxygen atoms in total. The Balaban J connectivity index is 0.000000450. The van der Waals surface area contributed by atoms with Crippen molar-refractivity contribution in [3.05, 3.63) is 42.0 Å². The summed E-state index contributed by atoms with van der Waals surface area (Å²) in [6.45, 7) is 7.37. The van der Waals surface area contributed by atoms with Gasteiger partial charge in [0, 0.05) is 0 Å². The molecule has 3 heteroatoms. The van der Waals surface area contributed by atoms with E-state index in [2.05, 4.69) is 49.4 Å². The molecule has 0 saturated heterocycles. The van der Waals surface area contributed by atoms with Crippen LogP contribution >= 0.6 is 11.9 Å². The van der Waals surface area contributed by atoms with E-state index in [0.717, 1.165) is 12.8 Å². The minimum absolute atomic E-state index is 0.463. The summed E-state index contributed by atoms with van der Waals surface area (Å²) in [4.78, 5) is 0. The van der Waals surface area contributed by atoms with Crippen molar-refractivity contribution in [2.24, 2.45) is 0 Å². The third-order valence-corrected chi connectivity index (χ3v) is 8.75. The average molecular weight is 442 g/mol. The van der Waals surface area contributed by atoms with Crippen LogP contribution in [0.4, 0.5) is 0 Å². The Labute approximate surface area is 172 Å². The number of rotatable bonds is 11. The van der Waals surface area contributed by atoms with Gasteiger partial charge in [0.05, 0.1) is 18.5 Å². The van der Waals surface area contributed by atoms with Gasteiger partial charge >= 0.3 is 130 Å². The molecule has 0 unspecified atom stereocenters. The SMILES string of the molecule is CCCCC1=[C]([Zr][C]2=C(CCCC)C=CC2)CC=C1.CCCCOCl. The Kier molecular flexibility index (Phi) is 14.0. The van der Waals surface area contributed by atoms with Crippen molar-refractivity contribution in [3.8, 4) is 0 Å². The smallest absolute Gasteiger partial charge is 0.0682 e. The molecule has 0 heterocycles. The third kappa shape index (κ3) is 9.55. The van der Waals surface area contributed by atoms with Crippen LogP contribution in [0.2, 0.25) is 0 Å². The van der Waals surface area contributed by atoms with Crippen molar-refractivity contribution in [3.63, 3.8) is 0 Å². The molecule has 0 radical (unpaired) electrons. The summed E-state index contributed by atoms with van der Waals surface area (Å²) in [5.74, 6) is 0. The van der Waals surface area contributed by atoms with E-state index in [0.29, 0.717) is 6.61 Å². The fourth-order valence-corrected chi connectivity index (χ4v) is 6.85. The minimum atomic E-state index is -0.463. The Morgan fingerprint density at radius 3 is 1.68 bits per heavy atom. The first-order valence-electron chi connectivity index (χ1n) is 10.0. The van der Waals surface area contributed by atoms with Crippen LogP contribution < -0.4 is 0 Å². The van der Waals surface area contributed by atoms with Gasteiger partial charge in [-0.2, -0.15) is 0 Å². The molecule has 0 amide bonds. The van der Waals surface area contributed by atoms with Crippen molar-refractivity contribution in [1.82, 2.24) is 0 Å². The summed E-state index contributed by atoms with van der Waals surface area (Å²) < 4.78 is 7.99. The Morgan fingerprint density at radius 2 is 1.32 bits per heavy atom. The van der Waals surface area contributed by atoms with E-state index in [9.17, 15) is 0 Å². The van der Waals surface area contributed by atoms with Crippen LogP contribution in [-0.2, 0) is 27.5 Å². The second kappa shape index (κ2) is 15.2. The van der Waals surface area contributed by atoms with Crippen molar-refractivity contribution >= 4 is 11.9 Å². The Morgan fingerprint density at radius 1 is 0.840 bits per heavy atom. The molecular weight excluding hydrogens is 407 g/mol. The Hall–Kier alpha value is 0.0931. The maximum absolute atomic E-state index is 4.88. The number of unbranched alkanes of at least 4 members (excludes halogenated alkanes) is 3. The largest absolute Gasteiger partial charge is 0.279 e. The van der Waals surface area contributed by atoms with Crippen molar-refractivity contribution in [2.75, 3.05) is 6.61 Å². The zero-order valence-corrected chi connectivity index (χ0v) is 19.6. The molecule has 0 atom stereocenters. The van der Waals surface area contributed by atoms with E-state index in [-0.39, 0.29) is 0 Å². The standard InChI is InChI=1S/2C9H13.C4H9ClO.Zr/c2*1-2-3-6-9-7-4-5-8-9;1-2-3-4-6-5;/h2*4,7H,2-3,5-6H2,1H3;2-4H2,1H3;. The number of allylic oxidation sites excluding steroid dienone is 8. The van der Waals surface area contributed by atoms with Crippen LogP contribution in [0.1, 0.15) is 85.0 Å². The van der Waals surface area contributed by atoms with Crippen LogP contribution in [0.15, 0.2) is 42.0 Å². The predicted molar refractivity (Wildman–Crippen MR) is 107 cm³/mol. The van der Waals surface area contributed by atoms with Gasteiger partial charge in [-0.3, -0.25) is 4.29 Å². The summed E-state index contributed by atoms with van der Waals surface area (Å²) in [6, 6.07) is 0.